The summed E-state index contributed by atoms with van der Waals surface area (Å²) in [6.07, 6.45) is -2.46. The van der Waals surface area contributed by atoms with E-state index in [0.717, 1.165) is 18.9 Å². The van der Waals surface area contributed by atoms with E-state index in [1.807, 2.05) is 0 Å². The molecule has 1 aromatic rings. The van der Waals surface area contributed by atoms with E-state index in [9.17, 15) is 13.2 Å². The molecule has 78 valence electrons. The van der Waals surface area contributed by atoms with Crippen molar-refractivity contribution in [3.05, 3.63) is 23.7 Å². The van der Waals surface area contributed by atoms with Gasteiger partial charge in [0.2, 0.25) is 5.76 Å². The summed E-state index contributed by atoms with van der Waals surface area (Å²) < 4.78 is 41.1. The van der Waals surface area contributed by atoms with E-state index in [4.69, 9.17) is 5.73 Å². The van der Waals surface area contributed by atoms with Crippen molar-refractivity contribution in [1.29, 1.82) is 0 Å². The number of hydrogen-bond donors (Lipinski definition) is 1. The Bertz CT molecular complexity index is 327. The molecule has 5 heteroatoms. The highest BCUT2D eigenvalue weighted by atomic mass is 19.4. The Hall–Kier alpha value is -0.970. The standard InChI is InChI=1S/C9H10F3NO/c10-9(11,12)7-4-3-6(14-7)8(13)5-1-2-5/h3-5,8H,1-2,13H2/t8-/m0/s1. The molecular weight excluding hydrogens is 195 g/mol. The van der Waals surface area contributed by atoms with Crippen molar-refractivity contribution in [2.75, 3.05) is 0 Å². The Morgan fingerprint density at radius 2 is 2.00 bits per heavy atom. The second kappa shape index (κ2) is 3.02. The third kappa shape index (κ3) is 1.77. The number of rotatable bonds is 2. The molecule has 14 heavy (non-hydrogen) atoms. The van der Waals surface area contributed by atoms with Crippen molar-refractivity contribution in [2.45, 2.75) is 25.1 Å². The molecule has 0 aromatic carbocycles. The van der Waals surface area contributed by atoms with E-state index < -0.39 is 11.9 Å². The number of furan rings is 1. The fourth-order valence-corrected chi connectivity index (χ4v) is 1.37. The van der Waals surface area contributed by atoms with Gasteiger partial charge in [0.05, 0.1) is 6.04 Å². The monoisotopic (exact) mass is 205 g/mol. The highest BCUT2D eigenvalue weighted by Gasteiger charge is 2.37. The van der Waals surface area contributed by atoms with Gasteiger partial charge in [0, 0.05) is 0 Å². The minimum atomic E-state index is -4.42. The molecular formula is C9H10F3NO. The molecule has 1 aliphatic carbocycles. The lowest BCUT2D eigenvalue weighted by atomic mass is 10.1. The summed E-state index contributed by atoms with van der Waals surface area (Å²) in [5.41, 5.74) is 5.70. The van der Waals surface area contributed by atoms with E-state index >= 15 is 0 Å². The van der Waals surface area contributed by atoms with Crippen LogP contribution in [0.1, 0.15) is 30.4 Å². The van der Waals surface area contributed by atoms with E-state index in [-0.39, 0.29) is 11.8 Å². The first kappa shape index (κ1) is 9.58. The second-order valence-corrected chi connectivity index (χ2v) is 3.56. The summed E-state index contributed by atoms with van der Waals surface area (Å²) in [7, 11) is 0. The third-order valence-electron chi connectivity index (χ3n) is 2.36. The maximum atomic E-state index is 12.1. The molecule has 1 heterocycles. The van der Waals surface area contributed by atoms with Gasteiger partial charge in [-0.2, -0.15) is 13.2 Å². The number of halogens is 3. The van der Waals surface area contributed by atoms with Gasteiger partial charge in [0.1, 0.15) is 5.76 Å². The normalized spacial score (nSPS) is 19.7. The third-order valence-corrected chi connectivity index (χ3v) is 2.36. The van der Waals surface area contributed by atoms with Crippen LogP contribution in [0.25, 0.3) is 0 Å². The summed E-state index contributed by atoms with van der Waals surface area (Å²) >= 11 is 0. The van der Waals surface area contributed by atoms with Gasteiger partial charge in [0.15, 0.2) is 0 Å². The first-order valence-electron chi connectivity index (χ1n) is 4.41. The Balaban J connectivity index is 2.16. The van der Waals surface area contributed by atoms with Crippen molar-refractivity contribution >= 4 is 0 Å². The first-order chi connectivity index (χ1) is 6.48. The number of alkyl halides is 3. The summed E-state index contributed by atoms with van der Waals surface area (Å²) in [4.78, 5) is 0. The van der Waals surface area contributed by atoms with E-state index in [0.29, 0.717) is 5.92 Å². The maximum absolute atomic E-state index is 12.1. The lowest BCUT2D eigenvalue weighted by molar-refractivity contribution is -0.153. The molecule has 0 aliphatic heterocycles. The average Bonchev–Trinajstić information content (AvgIpc) is 2.79. The van der Waals surface area contributed by atoms with Crippen LogP contribution in [-0.2, 0) is 6.18 Å². The molecule has 1 fully saturated rings. The van der Waals surface area contributed by atoms with Gasteiger partial charge in [0.25, 0.3) is 0 Å². The van der Waals surface area contributed by atoms with Crippen LogP contribution in [0.15, 0.2) is 16.5 Å². The predicted molar refractivity (Wildman–Crippen MR) is 43.4 cm³/mol. The largest absolute Gasteiger partial charge is 0.455 e. The van der Waals surface area contributed by atoms with Gasteiger partial charge in [-0.1, -0.05) is 0 Å². The van der Waals surface area contributed by atoms with E-state index in [1.54, 1.807) is 0 Å². The minimum absolute atomic E-state index is 0.236. The molecule has 1 aliphatic rings. The molecule has 0 spiro atoms. The molecule has 1 aromatic heterocycles. The van der Waals surface area contributed by atoms with Crippen LogP contribution in [0.3, 0.4) is 0 Å². The van der Waals surface area contributed by atoms with Crippen molar-refractivity contribution in [1.82, 2.24) is 0 Å². The Morgan fingerprint density at radius 1 is 1.36 bits per heavy atom. The minimum Gasteiger partial charge on any atom is -0.455 e. The maximum Gasteiger partial charge on any atom is 0.449 e. The lowest BCUT2D eigenvalue weighted by Gasteiger charge is -2.06. The van der Waals surface area contributed by atoms with Crippen LogP contribution in [-0.4, -0.2) is 0 Å². The van der Waals surface area contributed by atoms with Crippen molar-refractivity contribution in [2.24, 2.45) is 11.7 Å². The number of nitrogens with two attached hydrogens (primary N) is 1. The zero-order chi connectivity index (χ0) is 10.3. The molecule has 2 N–H and O–H groups in total. The molecule has 2 nitrogen and oxygen atoms in total. The summed E-state index contributed by atoms with van der Waals surface area (Å²) in [5.74, 6) is -0.439. The Morgan fingerprint density at radius 3 is 2.43 bits per heavy atom. The first-order valence-corrected chi connectivity index (χ1v) is 4.41. The SMILES string of the molecule is N[C@H](c1ccc(C(F)(F)F)o1)C1CC1. The molecule has 2 rings (SSSR count). The molecule has 0 radical (unpaired) electrons. The van der Waals surface area contributed by atoms with Crippen LogP contribution in [0.4, 0.5) is 13.2 Å². The van der Waals surface area contributed by atoms with Gasteiger partial charge in [-0.05, 0) is 30.9 Å². The van der Waals surface area contributed by atoms with Crippen LogP contribution in [0.5, 0.6) is 0 Å². The Labute approximate surface area is 78.9 Å². The molecule has 1 saturated carbocycles. The molecule has 1 atom stereocenters. The molecule has 0 amide bonds. The van der Waals surface area contributed by atoms with Gasteiger partial charge < -0.3 is 10.2 Å². The highest BCUT2D eigenvalue weighted by molar-refractivity contribution is 5.14. The van der Waals surface area contributed by atoms with Crippen molar-refractivity contribution < 1.29 is 17.6 Å². The van der Waals surface area contributed by atoms with Crippen LogP contribution >= 0.6 is 0 Å². The fraction of sp³-hybridized carbons (Fsp3) is 0.556. The highest BCUT2D eigenvalue weighted by Crippen LogP contribution is 2.41. The zero-order valence-corrected chi connectivity index (χ0v) is 7.34. The van der Waals surface area contributed by atoms with Crippen molar-refractivity contribution in [3.8, 4) is 0 Å². The molecule has 0 bridgehead atoms. The zero-order valence-electron chi connectivity index (χ0n) is 7.34. The van der Waals surface area contributed by atoms with Gasteiger partial charge in [-0.25, -0.2) is 0 Å². The smallest absolute Gasteiger partial charge is 0.449 e. The summed E-state index contributed by atoms with van der Waals surface area (Å²) in [6, 6.07) is 1.86. The quantitative estimate of drug-likeness (QED) is 0.806. The Kier molecular flexibility index (Phi) is 2.06. The second-order valence-electron chi connectivity index (χ2n) is 3.56. The summed E-state index contributed by atoms with van der Waals surface area (Å²) in [6.45, 7) is 0. The van der Waals surface area contributed by atoms with Crippen molar-refractivity contribution in [3.63, 3.8) is 0 Å². The van der Waals surface area contributed by atoms with Gasteiger partial charge >= 0.3 is 6.18 Å². The van der Waals surface area contributed by atoms with Gasteiger partial charge in [-0.15, -0.1) is 0 Å². The number of hydrogen-bond acceptors (Lipinski definition) is 2. The van der Waals surface area contributed by atoms with Crippen LogP contribution in [0.2, 0.25) is 0 Å². The van der Waals surface area contributed by atoms with E-state index in [2.05, 4.69) is 4.42 Å². The molecule has 0 unspecified atom stereocenters. The van der Waals surface area contributed by atoms with Crippen LogP contribution < -0.4 is 5.73 Å². The average molecular weight is 205 g/mol. The van der Waals surface area contributed by atoms with E-state index in [1.165, 1.54) is 6.07 Å². The van der Waals surface area contributed by atoms with Gasteiger partial charge in [-0.3, -0.25) is 0 Å². The van der Waals surface area contributed by atoms with Crippen LogP contribution in [0, 0.1) is 5.92 Å². The summed E-state index contributed by atoms with van der Waals surface area (Å²) in [5, 5.41) is 0. The lowest BCUT2D eigenvalue weighted by Crippen LogP contribution is -2.11. The topological polar surface area (TPSA) is 39.2 Å². The fourth-order valence-electron chi connectivity index (χ4n) is 1.37. The molecule has 0 saturated heterocycles. The predicted octanol–water partition coefficient (Wildman–Crippen LogP) is 2.71.